The number of ether oxygens (including phenoxy) is 1. The Morgan fingerprint density at radius 3 is 2.45 bits per heavy atom. The summed E-state index contributed by atoms with van der Waals surface area (Å²) in [5.74, 6) is 4.90. The van der Waals surface area contributed by atoms with Gasteiger partial charge in [-0.1, -0.05) is 38.8 Å². The topological polar surface area (TPSA) is 35.5 Å². The zero-order valence-corrected chi connectivity index (χ0v) is 16.1. The lowest BCUT2D eigenvalue weighted by Gasteiger charge is -2.35. The molecule has 0 aromatic heterocycles. The Bertz CT molecular complexity index is 408. The van der Waals surface area contributed by atoms with Crippen molar-refractivity contribution in [3.05, 3.63) is 12.2 Å². The van der Waals surface area contributed by atoms with Gasteiger partial charge in [0.1, 0.15) is 0 Å². The maximum Gasteiger partial charge on any atom is 0.384 e. The van der Waals surface area contributed by atoms with E-state index in [2.05, 4.69) is 57.9 Å². The van der Waals surface area contributed by atoms with E-state index < -0.39 is 14.3 Å². The van der Waals surface area contributed by atoms with Crippen LogP contribution in [0.3, 0.4) is 0 Å². The lowest BCUT2D eigenvalue weighted by atomic mass is 10.2. The highest BCUT2D eigenvalue weighted by Gasteiger charge is 2.36. The minimum Gasteiger partial charge on any atom is -0.456 e. The fraction of sp³-hybridized carbons (Fsp3) is 0.722. The molecule has 0 spiro atoms. The first-order valence-electron chi connectivity index (χ1n) is 8.15. The Balaban J connectivity index is 3.71. The van der Waals surface area contributed by atoms with E-state index in [4.69, 9.17) is 9.16 Å². The van der Waals surface area contributed by atoms with Gasteiger partial charge in [0.05, 0.1) is 13.2 Å². The monoisotopic (exact) mass is 324 g/mol. The third-order valence-corrected chi connectivity index (χ3v) is 8.40. The minimum absolute atomic E-state index is 0.262. The minimum atomic E-state index is -1.62. The Labute approximate surface area is 137 Å². The van der Waals surface area contributed by atoms with Crippen LogP contribution in [-0.2, 0) is 14.0 Å². The van der Waals surface area contributed by atoms with Crippen molar-refractivity contribution in [3.8, 4) is 11.8 Å². The molecule has 0 saturated heterocycles. The van der Waals surface area contributed by atoms with Crippen molar-refractivity contribution in [2.24, 2.45) is 0 Å². The maximum absolute atomic E-state index is 11.0. The first kappa shape index (κ1) is 20.9. The lowest BCUT2D eigenvalue weighted by Crippen LogP contribution is -2.40. The van der Waals surface area contributed by atoms with Crippen molar-refractivity contribution in [3.63, 3.8) is 0 Å². The van der Waals surface area contributed by atoms with E-state index in [0.29, 0.717) is 13.2 Å². The zero-order chi connectivity index (χ0) is 17.1. The molecule has 0 bridgehead atoms. The number of hydrogen-bond donors (Lipinski definition) is 0. The molecule has 0 atom stereocenters. The average Bonchev–Trinajstić information content (AvgIpc) is 2.39. The van der Waals surface area contributed by atoms with Crippen LogP contribution in [0.15, 0.2) is 12.2 Å². The zero-order valence-electron chi connectivity index (χ0n) is 15.1. The van der Waals surface area contributed by atoms with Gasteiger partial charge in [0, 0.05) is 12.3 Å². The Morgan fingerprint density at radius 1 is 1.18 bits per heavy atom. The van der Waals surface area contributed by atoms with E-state index in [1.807, 2.05) is 0 Å². The Morgan fingerprint density at radius 2 is 1.86 bits per heavy atom. The van der Waals surface area contributed by atoms with Crippen molar-refractivity contribution >= 4 is 14.3 Å². The first-order valence-corrected chi connectivity index (χ1v) is 11.1. The van der Waals surface area contributed by atoms with Gasteiger partial charge in [-0.3, -0.25) is 0 Å². The fourth-order valence-electron chi connectivity index (χ4n) is 1.44. The summed E-state index contributed by atoms with van der Waals surface area (Å²) in [6.07, 6.45) is 8.14. The van der Waals surface area contributed by atoms with Crippen LogP contribution in [0.5, 0.6) is 0 Å². The molecule has 0 aliphatic carbocycles. The molecule has 4 heteroatoms. The van der Waals surface area contributed by atoms with Crippen LogP contribution in [-0.4, -0.2) is 27.5 Å². The number of carbonyl (C=O) groups is 1. The summed E-state index contributed by atoms with van der Waals surface area (Å²) in [6.45, 7) is 14.2. The standard InChI is InChI=1S/C18H32O3Si/c1-7-20-17(19)15-13-11-9-8-10-12-14-16-21-22(5,6)18(2,3)4/h12,14H,7-11,16H2,1-6H3/b14-12+. The van der Waals surface area contributed by atoms with Crippen molar-refractivity contribution in [1.82, 2.24) is 0 Å². The van der Waals surface area contributed by atoms with Gasteiger partial charge in [-0.15, -0.1) is 0 Å². The number of hydrogen-bond acceptors (Lipinski definition) is 3. The van der Waals surface area contributed by atoms with Crippen LogP contribution in [0.4, 0.5) is 0 Å². The smallest absolute Gasteiger partial charge is 0.384 e. The molecular weight excluding hydrogens is 292 g/mol. The molecule has 0 radical (unpaired) electrons. The molecule has 22 heavy (non-hydrogen) atoms. The van der Waals surface area contributed by atoms with Crippen molar-refractivity contribution in [2.45, 2.75) is 71.5 Å². The van der Waals surface area contributed by atoms with Crippen molar-refractivity contribution < 1.29 is 14.0 Å². The molecule has 0 rings (SSSR count). The predicted molar refractivity (Wildman–Crippen MR) is 95.2 cm³/mol. The van der Waals surface area contributed by atoms with Crippen LogP contribution >= 0.6 is 0 Å². The van der Waals surface area contributed by atoms with Crippen LogP contribution < -0.4 is 0 Å². The molecular formula is C18H32O3Si. The molecule has 0 saturated carbocycles. The molecule has 0 aliphatic rings. The van der Waals surface area contributed by atoms with Gasteiger partial charge in [-0.05, 0) is 44.3 Å². The second-order valence-electron chi connectivity index (χ2n) is 6.81. The summed E-state index contributed by atoms with van der Waals surface area (Å²) in [5, 5.41) is 0.262. The number of esters is 1. The quantitative estimate of drug-likeness (QED) is 0.162. The van der Waals surface area contributed by atoms with Crippen molar-refractivity contribution in [2.75, 3.05) is 13.2 Å². The number of carbonyl (C=O) groups excluding carboxylic acids is 1. The SMILES string of the molecule is CCOC(=O)C#CCCCC/C=C/CO[Si](C)(C)C(C)(C)C. The third-order valence-electron chi connectivity index (χ3n) is 3.90. The van der Waals surface area contributed by atoms with Gasteiger partial charge in [0.2, 0.25) is 0 Å². The van der Waals surface area contributed by atoms with Crippen LogP contribution in [0.2, 0.25) is 18.1 Å². The molecule has 0 heterocycles. The highest BCUT2D eigenvalue weighted by molar-refractivity contribution is 6.74. The summed E-state index contributed by atoms with van der Waals surface area (Å²) < 4.78 is 10.8. The largest absolute Gasteiger partial charge is 0.456 e. The summed E-state index contributed by atoms with van der Waals surface area (Å²) >= 11 is 0. The molecule has 0 fully saturated rings. The summed E-state index contributed by atoms with van der Waals surface area (Å²) in [7, 11) is -1.62. The molecule has 0 amide bonds. The maximum atomic E-state index is 11.0. The van der Waals surface area contributed by atoms with E-state index >= 15 is 0 Å². The molecule has 0 N–H and O–H groups in total. The second kappa shape index (κ2) is 10.6. The predicted octanol–water partition coefficient (Wildman–Crippen LogP) is 4.69. The van der Waals surface area contributed by atoms with Crippen molar-refractivity contribution in [1.29, 1.82) is 0 Å². The Kier molecular flexibility index (Phi) is 10.1. The number of allylic oxidation sites excluding steroid dienone is 1. The summed E-state index contributed by atoms with van der Waals surface area (Å²) in [5.41, 5.74) is 0. The molecule has 0 aromatic rings. The third kappa shape index (κ3) is 9.81. The molecule has 0 unspecified atom stereocenters. The van der Waals surface area contributed by atoms with Crippen LogP contribution in [0, 0.1) is 11.8 Å². The average molecular weight is 325 g/mol. The highest BCUT2D eigenvalue weighted by atomic mass is 28.4. The van der Waals surface area contributed by atoms with E-state index in [-0.39, 0.29) is 5.04 Å². The van der Waals surface area contributed by atoms with E-state index in [9.17, 15) is 4.79 Å². The van der Waals surface area contributed by atoms with Gasteiger partial charge in [-0.25, -0.2) is 4.79 Å². The highest BCUT2D eigenvalue weighted by Crippen LogP contribution is 2.36. The number of unbranched alkanes of at least 4 members (excludes halogenated alkanes) is 3. The Hall–Kier alpha value is -1.05. The van der Waals surface area contributed by atoms with E-state index in [0.717, 1.165) is 25.7 Å². The summed E-state index contributed by atoms with van der Waals surface area (Å²) in [4.78, 5) is 11.0. The molecule has 126 valence electrons. The second-order valence-corrected chi connectivity index (χ2v) is 11.6. The van der Waals surface area contributed by atoms with Gasteiger partial charge in [0.25, 0.3) is 0 Å². The summed E-state index contributed by atoms with van der Waals surface area (Å²) in [6, 6.07) is 0. The molecule has 0 aliphatic heterocycles. The lowest BCUT2D eigenvalue weighted by molar-refractivity contribution is -0.136. The van der Waals surface area contributed by atoms with Crippen LogP contribution in [0.1, 0.15) is 53.4 Å². The molecule has 0 aromatic carbocycles. The van der Waals surface area contributed by atoms with Crippen LogP contribution in [0.25, 0.3) is 0 Å². The first-order chi connectivity index (χ1) is 10.2. The number of rotatable bonds is 8. The normalized spacial score (nSPS) is 12.1. The van der Waals surface area contributed by atoms with E-state index in [1.165, 1.54) is 0 Å². The van der Waals surface area contributed by atoms with Gasteiger partial charge in [-0.2, -0.15) is 0 Å². The van der Waals surface area contributed by atoms with Gasteiger partial charge >= 0.3 is 5.97 Å². The molecule has 3 nitrogen and oxygen atoms in total. The van der Waals surface area contributed by atoms with Gasteiger partial charge < -0.3 is 9.16 Å². The van der Waals surface area contributed by atoms with Gasteiger partial charge in [0.15, 0.2) is 8.32 Å². The van der Waals surface area contributed by atoms with E-state index in [1.54, 1.807) is 6.92 Å². The fourth-order valence-corrected chi connectivity index (χ4v) is 2.38.